The van der Waals surface area contributed by atoms with Crippen LogP contribution in [0.15, 0.2) is 36.4 Å². The van der Waals surface area contributed by atoms with E-state index in [1.807, 2.05) is 36.4 Å². The van der Waals surface area contributed by atoms with Gasteiger partial charge in [-0.15, -0.1) is 0 Å². The van der Waals surface area contributed by atoms with E-state index in [-0.39, 0.29) is 12.7 Å². The molecule has 1 atom stereocenters. The van der Waals surface area contributed by atoms with Crippen molar-refractivity contribution in [1.82, 2.24) is 5.32 Å². The highest BCUT2D eigenvalue weighted by Crippen LogP contribution is 2.37. The fraction of sp³-hybridized carbons (Fsp3) is 0.316. The van der Waals surface area contributed by atoms with Crippen molar-refractivity contribution in [3.05, 3.63) is 52.5 Å². The number of likely N-dealkylation sites (N-methyl/N-ethyl adjacent to an activating group) is 1. The van der Waals surface area contributed by atoms with Crippen LogP contribution < -0.4 is 19.7 Å². The van der Waals surface area contributed by atoms with Crippen molar-refractivity contribution in [2.75, 3.05) is 25.3 Å². The van der Waals surface area contributed by atoms with Crippen LogP contribution in [0.4, 0.5) is 5.69 Å². The molecule has 26 heavy (non-hydrogen) atoms. The summed E-state index contributed by atoms with van der Waals surface area (Å²) in [6.07, 6.45) is -0.575. The Morgan fingerprint density at radius 2 is 2.19 bits per heavy atom. The fourth-order valence-corrected chi connectivity index (χ4v) is 3.60. The average Bonchev–Trinajstić information content (AvgIpc) is 2.67. The maximum absolute atomic E-state index is 12.1. The summed E-state index contributed by atoms with van der Waals surface area (Å²) in [6, 6.07) is 11.5. The molecule has 1 amide bonds. The number of carbonyl (C=O) groups is 1. The van der Waals surface area contributed by atoms with E-state index in [2.05, 4.69) is 10.2 Å². The number of benzene rings is 2. The Bertz CT molecular complexity index is 842. The van der Waals surface area contributed by atoms with Crippen LogP contribution in [0.3, 0.4) is 0 Å². The molecule has 2 aromatic rings. The van der Waals surface area contributed by atoms with E-state index >= 15 is 0 Å². The van der Waals surface area contributed by atoms with E-state index in [1.54, 1.807) is 7.05 Å². The number of hydrogen-bond donors (Lipinski definition) is 1. The monoisotopic (exact) mass is 374 g/mol. The third-order valence-electron chi connectivity index (χ3n) is 4.51. The van der Waals surface area contributed by atoms with Gasteiger partial charge in [0.1, 0.15) is 11.5 Å². The van der Waals surface area contributed by atoms with E-state index < -0.39 is 6.10 Å². The number of para-hydroxylation sites is 2. The first-order valence-electron chi connectivity index (χ1n) is 8.40. The lowest BCUT2D eigenvalue weighted by atomic mass is 10.1. The van der Waals surface area contributed by atoms with Crippen molar-refractivity contribution in [1.29, 1.82) is 0 Å². The lowest BCUT2D eigenvalue weighted by molar-refractivity contribution is -0.127. The van der Waals surface area contributed by atoms with E-state index in [1.165, 1.54) is 0 Å². The zero-order valence-corrected chi connectivity index (χ0v) is 15.1. The molecule has 4 rings (SSSR count). The number of nitrogens with zero attached hydrogens (tertiary/aromatic N) is 1. The number of halogens is 1. The van der Waals surface area contributed by atoms with Crippen LogP contribution in [-0.2, 0) is 22.7 Å². The van der Waals surface area contributed by atoms with E-state index in [0.29, 0.717) is 30.5 Å². The Morgan fingerprint density at radius 1 is 1.35 bits per heavy atom. The number of rotatable bonds is 3. The topological polar surface area (TPSA) is 60.0 Å². The van der Waals surface area contributed by atoms with Crippen LogP contribution in [0.25, 0.3) is 0 Å². The van der Waals surface area contributed by atoms with Gasteiger partial charge in [0.2, 0.25) is 0 Å². The van der Waals surface area contributed by atoms with Crippen LogP contribution in [0.5, 0.6) is 11.5 Å². The molecule has 0 radical (unpaired) electrons. The minimum atomic E-state index is -0.575. The van der Waals surface area contributed by atoms with Crippen LogP contribution in [0, 0.1) is 0 Å². The molecule has 0 aliphatic carbocycles. The predicted molar refractivity (Wildman–Crippen MR) is 97.7 cm³/mol. The first kappa shape index (κ1) is 17.0. The first-order valence-corrected chi connectivity index (χ1v) is 8.77. The Kier molecular flexibility index (Phi) is 4.61. The highest BCUT2D eigenvalue weighted by Gasteiger charge is 2.31. The largest absolute Gasteiger partial charge is 0.477 e. The van der Waals surface area contributed by atoms with Crippen molar-refractivity contribution >= 4 is 23.2 Å². The molecule has 6 nitrogen and oxygen atoms in total. The summed E-state index contributed by atoms with van der Waals surface area (Å²) < 4.78 is 16.9. The number of anilines is 1. The predicted octanol–water partition coefficient (Wildman–Crippen LogP) is 2.72. The van der Waals surface area contributed by atoms with Gasteiger partial charge in [0, 0.05) is 29.7 Å². The molecule has 0 bridgehead atoms. The Morgan fingerprint density at radius 3 is 3.04 bits per heavy atom. The molecular weight excluding hydrogens is 356 g/mol. The summed E-state index contributed by atoms with van der Waals surface area (Å²) in [5, 5.41) is 3.29. The number of hydrogen-bond acceptors (Lipinski definition) is 5. The van der Waals surface area contributed by atoms with E-state index in [4.69, 9.17) is 25.8 Å². The Hall–Kier alpha value is -2.44. The second-order valence-electron chi connectivity index (χ2n) is 6.23. The Balaban J connectivity index is 1.69. The molecule has 0 unspecified atom stereocenters. The average molecular weight is 375 g/mol. The van der Waals surface area contributed by atoms with Gasteiger partial charge in [-0.25, -0.2) is 0 Å². The van der Waals surface area contributed by atoms with Gasteiger partial charge in [-0.05, 0) is 24.3 Å². The second kappa shape index (κ2) is 7.05. The molecule has 0 aromatic heterocycles. The zero-order chi connectivity index (χ0) is 18.1. The summed E-state index contributed by atoms with van der Waals surface area (Å²) in [4.78, 5) is 14.3. The highest BCUT2D eigenvalue weighted by molar-refractivity contribution is 6.30. The summed E-state index contributed by atoms with van der Waals surface area (Å²) in [7, 11) is 1.61. The van der Waals surface area contributed by atoms with Crippen LogP contribution >= 0.6 is 11.6 Å². The van der Waals surface area contributed by atoms with Crippen molar-refractivity contribution in [3.8, 4) is 11.5 Å². The normalized spacial score (nSPS) is 18.2. The maximum Gasteiger partial charge on any atom is 0.262 e. The molecule has 0 spiro atoms. The first-order chi connectivity index (χ1) is 12.7. The smallest absolute Gasteiger partial charge is 0.262 e. The summed E-state index contributed by atoms with van der Waals surface area (Å²) >= 11 is 6.28. The van der Waals surface area contributed by atoms with Gasteiger partial charge in [0.15, 0.2) is 12.9 Å². The molecule has 7 heteroatoms. The molecule has 0 saturated carbocycles. The van der Waals surface area contributed by atoms with Crippen molar-refractivity contribution in [2.45, 2.75) is 19.3 Å². The van der Waals surface area contributed by atoms with Gasteiger partial charge >= 0.3 is 0 Å². The molecule has 2 aliphatic heterocycles. The zero-order valence-electron chi connectivity index (χ0n) is 14.3. The number of nitrogens with one attached hydrogen (secondary N) is 1. The van der Waals surface area contributed by atoms with Gasteiger partial charge in [0.05, 0.1) is 18.8 Å². The minimum absolute atomic E-state index is 0.151. The second-order valence-corrected chi connectivity index (χ2v) is 6.67. The summed E-state index contributed by atoms with van der Waals surface area (Å²) in [5.41, 5.74) is 2.83. The van der Waals surface area contributed by atoms with Gasteiger partial charge in [0.25, 0.3) is 5.91 Å². The molecule has 136 valence electrons. The van der Waals surface area contributed by atoms with E-state index in [9.17, 15) is 4.79 Å². The number of amides is 1. The van der Waals surface area contributed by atoms with Crippen molar-refractivity contribution in [2.24, 2.45) is 0 Å². The molecule has 0 saturated heterocycles. The van der Waals surface area contributed by atoms with Crippen LogP contribution in [-0.4, -0.2) is 32.4 Å². The van der Waals surface area contributed by atoms with Crippen molar-refractivity contribution < 1.29 is 19.0 Å². The number of fused-ring (bicyclic) bond motifs is 2. The molecule has 2 heterocycles. The standard InChI is InChI=1S/C19H19ClN2O4/c1-21-19(23)17-9-22(15-4-2-3-5-16(15)26-17)8-12-6-14(20)7-13-10-24-11-25-18(12)13/h2-7,17H,8-11H2,1H3,(H,21,23)/t17-/m0/s1. The lowest BCUT2D eigenvalue weighted by Gasteiger charge is -2.36. The highest BCUT2D eigenvalue weighted by atomic mass is 35.5. The van der Waals surface area contributed by atoms with Gasteiger partial charge in [-0.1, -0.05) is 23.7 Å². The molecule has 1 N–H and O–H groups in total. The third-order valence-corrected chi connectivity index (χ3v) is 4.73. The van der Waals surface area contributed by atoms with Gasteiger partial charge in [-0.2, -0.15) is 0 Å². The molecule has 0 fully saturated rings. The molecule has 2 aromatic carbocycles. The fourth-order valence-electron chi connectivity index (χ4n) is 3.33. The third kappa shape index (κ3) is 3.18. The van der Waals surface area contributed by atoms with Gasteiger partial charge in [-0.3, -0.25) is 4.79 Å². The SMILES string of the molecule is CNC(=O)[C@@H]1CN(Cc2cc(Cl)cc3c2OCOC3)c2ccccc2O1. The van der Waals surface area contributed by atoms with Crippen molar-refractivity contribution in [3.63, 3.8) is 0 Å². The molecule has 2 aliphatic rings. The summed E-state index contributed by atoms with van der Waals surface area (Å²) in [5.74, 6) is 1.34. The lowest BCUT2D eigenvalue weighted by Crippen LogP contribution is -2.48. The number of carbonyl (C=O) groups excluding carboxylic acids is 1. The van der Waals surface area contributed by atoms with E-state index in [0.717, 1.165) is 22.6 Å². The molecular formula is C19H19ClN2O4. The number of ether oxygens (including phenoxy) is 3. The minimum Gasteiger partial charge on any atom is -0.477 e. The van der Waals surface area contributed by atoms with Gasteiger partial charge < -0.3 is 24.4 Å². The van der Waals surface area contributed by atoms with Crippen LogP contribution in [0.2, 0.25) is 5.02 Å². The Labute approximate surface area is 156 Å². The quantitative estimate of drug-likeness (QED) is 0.895. The summed E-state index contributed by atoms with van der Waals surface area (Å²) in [6.45, 7) is 1.69. The maximum atomic E-state index is 12.1. The van der Waals surface area contributed by atoms with Crippen LogP contribution in [0.1, 0.15) is 11.1 Å².